The van der Waals surface area contributed by atoms with Crippen LogP contribution in [-0.4, -0.2) is 17.5 Å². The third-order valence-corrected chi connectivity index (χ3v) is 4.00. The van der Waals surface area contributed by atoms with E-state index in [9.17, 15) is 0 Å². The van der Waals surface area contributed by atoms with Crippen molar-refractivity contribution in [3.8, 4) is 0 Å². The van der Waals surface area contributed by atoms with Gasteiger partial charge in [0.2, 0.25) is 0 Å². The van der Waals surface area contributed by atoms with E-state index in [1.54, 1.807) is 0 Å². The van der Waals surface area contributed by atoms with Crippen LogP contribution in [0.4, 0.5) is 0 Å². The summed E-state index contributed by atoms with van der Waals surface area (Å²) in [6, 6.07) is 8.62. The Morgan fingerprint density at radius 3 is 2.80 bits per heavy atom. The van der Waals surface area contributed by atoms with Crippen LogP contribution in [0.15, 0.2) is 28.7 Å². The number of thioether (sulfide) groups is 1. The number of nitrogens with two attached hydrogens (primary N) is 1. The topological polar surface area (TPSA) is 38.0 Å². The fraction of sp³-hybridized carbons (Fsp3) is 0.455. The van der Waals surface area contributed by atoms with Crippen molar-refractivity contribution < 1.29 is 0 Å². The number of hydrogen-bond acceptors (Lipinski definition) is 3. The third kappa shape index (κ3) is 4.55. The minimum atomic E-state index is 0.341. The molecule has 0 radical (unpaired) electrons. The standard InChI is InChI=1S/C11H17BrN2S/c1-2-15-8-10(14-13)7-9-5-3-4-6-11(9)12/h3-6,10,14H,2,7-8,13H2,1H3. The summed E-state index contributed by atoms with van der Waals surface area (Å²) in [6.07, 6.45) is 0.963. The summed E-state index contributed by atoms with van der Waals surface area (Å²) in [7, 11) is 0. The van der Waals surface area contributed by atoms with Gasteiger partial charge in [-0.15, -0.1) is 0 Å². The van der Waals surface area contributed by atoms with Crippen molar-refractivity contribution in [1.82, 2.24) is 5.43 Å². The lowest BCUT2D eigenvalue weighted by Gasteiger charge is -2.15. The lowest BCUT2D eigenvalue weighted by molar-refractivity contribution is 0.575. The maximum atomic E-state index is 5.53. The molecule has 84 valence electrons. The zero-order chi connectivity index (χ0) is 11.1. The van der Waals surface area contributed by atoms with Crippen molar-refractivity contribution in [2.75, 3.05) is 11.5 Å². The average Bonchev–Trinajstić information content (AvgIpc) is 2.26. The van der Waals surface area contributed by atoms with E-state index in [4.69, 9.17) is 5.84 Å². The SMILES string of the molecule is CCSCC(Cc1ccccc1Br)NN. The number of rotatable bonds is 6. The van der Waals surface area contributed by atoms with Gasteiger partial charge in [-0.25, -0.2) is 0 Å². The fourth-order valence-corrected chi connectivity index (χ4v) is 2.54. The summed E-state index contributed by atoms with van der Waals surface area (Å²) in [6.45, 7) is 2.16. The predicted octanol–water partition coefficient (Wildman–Crippen LogP) is 2.58. The van der Waals surface area contributed by atoms with Gasteiger partial charge in [0, 0.05) is 16.3 Å². The van der Waals surface area contributed by atoms with Gasteiger partial charge in [0.1, 0.15) is 0 Å². The lowest BCUT2D eigenvalue weighted by Crippen LogP contribution is -2.38. The van der Waals surface area contributed by atoms with Crippen LogP contribution in [0.25, 0.3) is 0 Å². The quantitative estimate of drug-likeness (QED) is 0.624. The second kappa shape index (κ2) is 7.28. The molecule has 2 nitrogen and oxygen atoms in total. The van der Waals surface area contributed by atoms with Gasteiger partial charge in [0.15, 0.2) is 0 Å². The summed E-state index contributed by atoms with van der Waals surface area (Å²) in [5, 5.41) is 0. The van der Waals surface area contributed by atoms with E-state index in [1.165, 1.54) is 5.56 Å². The van der Waals surface area contributed by atoms with E-state index in [1.807, 2.05) is 17.8 Å². The summed E-state index contributed by atoms with van der Waals surface area (Å²) in [4.78, 5) is 0. The van der Waals surface area contributed by atoms with Crippen LogP contribution < -0.4 is 11.3 Å². The summed E-state index contributed by atoms with van der Waals surface area (Å²) in [5.74, 6) is 7.72. The maximum absolute atomic E-state index is 5.53. The minimum absolute atomic E-state index is 0.341. The summed E-state index contributed by atoms with van der Waals surface area (Å²) < 4.78 is 1.16. The molecular weight excluding hydrogens is 272 g/mol. The summed E-state index contributed by atoms with van der Waals surface area (Å²) >= 11 is 5.45. The second-order valence-electron chi connectivity index (χ2n) is 3.32. The smallest absolute Gasteiger partial charge is 0.0341 e. The van der Waals surface area contributed by atoms with Crippen molar-refractivity contribution in [2.45, 2.75) is 19.4 Å². The normalized spacial score (nSPS) is 12.7. The molecule has 1 rings (SSSR count). The van der Waals surface area contributed by atoms with E-state index < -0.39 is 0 Å². The van der Waals surface area contributed by atoms with Crippen molar-refractivity contribution in [3.05, 3.63) is 34.3 Å². The minimum Gasteiger partial charge on any atom is -0.271 e. The Balaban J connectivity index is 2.54. The summed E-state index contributed by atoms with van der Waals surface area (Å²) in [5.41, 5.74) is 4.17. The molecule has 0 saturated carbocycles. The van der Waals surface area contributed by atoms with E-state index in [2.05, 4.69) is 46.5 Å². The van der Waals surface area contributed by atoms with Crippen LogP contribution in [0.2, 0.25) is 0 Å². The van der Waals surface area contributed by atoms with Crippen molar-refractivity contribution in [3.63, 3.8) is 0 Å². The zero-order valence-corrected chi connectivity index (χ0v) is 11.3. The van der Waals surface area contributed by atoms with E-state index in [-0.39, 0.29) is 0 Å². The second-order valence-corrected chi connectivity index (χ2v) is 5.49. The Morgan fingerprint density at radius 1 is 1.47 bits per heavy atom. The number of hydrazine groups is 1. The van der Waals surface area contributed by atoms with Crippen LogP contribution in [0, 0.1) is 0 Å². The molecule has 0 fully saturated rings. The largest absolute Gasteiger partial charge is 0.271 e. The molecule has 0 spiro atoms. The van der Waals surface area contributed by atoms with Crippen LogP contribution >= 0.6 is 27.7 Å². The first kappa shape index (κ1) is 13.0. The molecule has 0 aromatic heterocycles. The Kier molecular flexibility index (Phi) is 6.32. The molecule has 1 atom stereocenters. The Bertz CT molecular complexity index is 294. The third-order valence-electron chi connectivity index (χ3n) is 2.18. The molecule has 0 bridgehead atoms. The van der Waals surface area contributed by atoms with Crippen LogP contribution in [0.1, 0.15) is 12.5 Å². The molecule has 3 N–H and O–H groups in total. The Labute approximate surface area is 104 Å². The van der Waals surface area contributed by atoms with Crippen LogP contribution in [-0.2, 0) is 6.42 Å². The molecular formula is C11H17BrN2S. The fourth-order valence-electron chi connectivity index (χ4n) is 1.36. The van der Waals surface area contributed by atoms with Crippen molar-refractivity contribution in [1.29, 1.82) is 0 Å². The lowest BCUT2D eigenvalue weighted by atomic mass is 10.1. The number of halogens is 1. The van der Waals surface area contributed by atoms with Gasteiger partial charge in [-0.2, -0.15) is 11.8 Å². The molecule has 0 amide bonds. The number of benzene rings is 1. The molecule has 1 aromatic carbocycles. The van der Waals surface area contributed by atoms with E-state index in [0.717, 1.165) is 22.4 Å². The predicted molar refractivity (Wildman–Crippen MR) is 72.0 cm³/mol. The molecule has 15 heavy (non-hydrogen) atoms. The first-order chi connectivity index (χ1) is 7.27. The number of hydrogen-bond donors (Lipinski definition) is 2. The van der Waals surface area contributed by atoms with Gasteiger partial charge in [0.25, 0.3) is 0 Å². The van der Waals surface area contributed by atoms with Crippen LogP contribution in [0.3, 0.4) is 0 Å². The molecule has 0 aliphatic rings. The first-order valence-electron chi connectivity index (χ1n) is 5.05. The van der Waals surface area contributed by atoms with Gasteiger partial charge in [-0.05, 0) is 23.8 Å². The van der Waals surface area contributed by atoms with Crippen LogP contribution in [0.5, 0.6) is 0 Å². The average molecular weight is 289 g/mol. The Hall–Kier alpha value is -0.0300. The van der Waals surface area contributed by atoms with E-state index in [0.29, 0.717) is 6.04 Å². The molecule has 0 aliphatic heterocycles. The highest BCUT2D eigenvalue weighted by molar-refractivity contribution is 9.10. The van der Waals surface area contributed by atoms with Gasteiger partial charge in [-0.3, -0.25) is 11.3 Å². The first-order valence-corrected chi connectivity index (χ1v) is 7.00. The molecule has 1 unspecified atom stereocenters. The highest BCUT2D eigenvalue weighted by Gasteiger charge is 2.09. The monoisotopic (exact) mass is 288 g/mol. The molecule has 0 heterocycles. The maximum Gasteiger partial charge on any atom is 0.0341 e. The highest BCUT2D eigenvalue weighted by atomic mass is 79.9. The highest BCUT2D eigenvalue weighted by Crippen LogP contribution is 2.18. The van der Waals surface area contributed by atoms with Gasteiger partial charge in [0.05, 0.1) is 0 Å². The van der Waals surface area contributed by atoms with Gasteiger partial charge < -0.3 is 0 Å². The van der Waals surface area contributed by atoms with E-state index >= 15 is 0 Å². The van der Waals surface area contributed by atoms with Crippen molar-refractivity contribution in [2.24, 2.45) is 5.84 Å². The molecule has 4 heteroatoms. The van der Waals surface area contributed by atoms with Crippen molar-refractivity contribution >= 4 is 27.7 Å². The number of nitrogens with one attached hydrogen (secondary N) is 1. The zero-order valence-electron chi connectivity index (χ0n) is 8.87. The van der Waals surface area contributed by atoms with Gasteiger partial charge >= 0.3 is 0 Å². The Morgan fingerprint density at radius 2 is 2.20 bits per heavy atom. The molecule has 1 aromatic rings. The molecule has 0 saturated heterocycles. The molecule has 0 aliphatic carbocycles. The van der Waals surface area contributed by atoms with Gasteiger partial charge in [-0.1, -0.05) is 41.1 Å².